The third-order valence-electron chi connectivity index (χ3n) is 3.42. The van der Waals surface area contributed by atoms with Crippen molar-refractivity contribution in [1.82, 2.24) is 4.90 Å². The van der Waals surface area contributed by atoms with E-state index >= 15 is 0 Å². The maximum Gasteiger partial charge on any atom is 0.252 e. The molecule has 1 fully saturated rings. The van der Waals surface area contributed by atoms with Crippen molar-refractivity contribution in [1.29, 1.82) is 0 Å². The van der Waals surface area contributed by atoms with E-state index < -0.39 is 6.04 Å². The topological polar surface area (TPSA) is 67.9 Å². The van der Waals surface area contributed by atoms with Crippen LogP contribution in [-0.4, -0.2) is 43.0 Å². The molecule has 114 valence electrons. The first kappa shape index (κ1) is 15.2. The van der Waals surface area contributed by atoms with Crippen LogP contribution in [0.4, 0.5) is 5.69 Å². The fourth-order valence-corrected chi connectivity index (χ4v) is 2.43. The number of likely N-dealkylation sites (tertiary alicyclic amines) is 1. The van der Waals surface area contributed by atoms with Gasteiger partial charge in [-0.3, -0.25) is 14.5 Å². The van der Waals surface area contributed by atoms with E-state index in [2.05, 4.69) is 5.32 Å². The number of hydrogen-bond donors (Lipinski definition) is 1. The summed E-state index contributed by atoms with van der Waals surface area (Å²) in [5.74, 6) is 0.846. The number of nitrogens with one attached hydrogen (secondary N) is 1. The normalized spacial score (nSPS) is 18.3. The second-order valence-corrected chi connectivity index (χ2v) is 5.17. The number of imide groups is 1. The minimum Gasteiger partial charge on any atom is -0.493 e. The van der Waals surface area contributed by atoms with Crippen molar-refractivity contribution in [2.75, 3.05) is 19.5 Å². The fraction of sp³-hybridized carbons (Fsp3) is 0.467. The van der Waals surface area contributed by atoms with Gasteiger partial charge in [-0.05, 0) is 26.0 Å². The lowest BCUT2D eigenvalue weighted by molar-refractivity contribution is -0.140. The zero-order valence-electron chi connectivity index (χ0n) is 12.7. The van der Waals surface area contributed by atoms with Crippen LogP contribution in [0.3, 0.4) is 0 Å². The molecule has 1 atom stereocenters. The van der Waals surface area contributed by atoms with E-state index in [0.717, 1.165) is 0 Å². The van der Waals surface area contributed by atoms with Crippen LogP contribution in [0.5, 0.6) is 11.5 Å². The molecule has 2 rings (SSSR count). The van der Waals surface area contributed by atoms with E-state index in [4.69, 9.17) is 9.47 Å². The number of amides is 2. The van der Waals surface area contributed by atoms with Crippen molar-refractivity contribution in [2.24, 2.45) is 0 Å². The molecule has 6 nitrogen and oxygen atoms in total. The summed E-state index contributed by atoms with van der Waals surface area (Å²) < 4.78 is 10.4. The van der Waals surface area contributed by atoms with E-state index in [0.29, 0.717) is 17.2 Å². The second kappa shape index (κ2) is 6.03. The fourth-order valence-electron chi connectivity index (χ4n) is 2.43. The maximum absolute atomic E-state index is 12.2. The quantitative estimate of drug-likeness (QED) is 0.836. The van der Waals surface area contributed by atoms with Crippen LogP contribution in [0.15, 0.2) is 18.2 Å². The molecule has 0 spiro atoms. The number of anilines is 1. The van der Waals surface area contributed by atoms with Gasteiger partial charge in [0.2, 0.25) is 5.91 Å². The molecule has 1 saturated heterocycles. The molecule has 1 heterocycles. The summed E-state index contributed by atoms with van der Waals surface area (Å²) in [5.41, 5.74) is 0.712. The van der Waals surface area contributed by atoms with Gasteiger partial charge in [0.15, 0.2) is 11.5 Å². The molecule has 1 aromatic carbocycles. The standard InChI is InChI=1S/C15H20N2O4/c1-9(2)17-14(18)8-11(15(17)19)16-10-5-6-12(20-3)13(7-10)21-4/h5-7,9,11,16H,8H2,1-4H3. The lowest BCUT2D eigenvalue weighted by Crippen LogP contribution is -2.39. The molecule has 0 saturated carbocycles. The molecule has 0 bridgehead atoms. The average Bonchev–Trinajstić information content (AvgIpc) is 2.73. The van der Waals surface area contributed by atoms with Crippen LogP contribution < -0.4 is 14.8 Å². The Morgan fingerprint density at radius 1 is 1.19 bits per heavy atom. The van der Waals surface area contributed by atoms with Gasteiger partial charge in [0.05, 0.1) is 20.6 Å². The van der Waals surface area contributed by atoms with Crippen LogP contribution in [0.25, 0.3) is 0 Å². The van der Waals surface area contributed by atoms with E-state index in [9.17, 15) is 9.59 Å². The maximum atomic E-state index is 12.2. The van der Waals surface area contributed by atoms with Crippen LogP contribution in [-0.2, 0) is 9.59 Å². The third kappa shape index (κ3) is 2.94. The lowest BCUT2D eigenvalue weighted by atomic mass is 10.2. The molecule has 1 N–H and O–H groups in total. The number of rotatable bonds is 5. The van der Waals surface area contributed by atoms with Gasteiger partial charge in [0, 0.05) is 17.8 Å². The Morgan fingerprint density at radius 2 is 1.86 bits per heavy atom. The van der Waals surface area contributed by atoms with Gasteiger partial charge in [0.1, 0.15) is 6.04 Å². The Hall–Kier alpha value is -2.24. The Bertz CT molecular complexity index is 557. The molecule has 1 aliphatic rings. The first-order valence-corrected chi connectivity index (χ1v) is 6.82. The highest BCUT2D eigenvalue weighted by Crippen LogP contribution is 2.31. The van der Waals surface area contributed by atoms with E-state index in [1.807, 2.05) is 13.8 Å². The zero-order valence-corrected chi connectivity index (χ0v) is 12.7. The Kier molecular flexibility index (Phi) is 4.35. The summed E-state index contributed by atoms with van der Waals surface area (Å²) in [4.78, 5) is 25.4. The first-order valence-electron chi connectivity index (χ1n) is 6.82. The van der Waals surface area contributed by atoms with Gasteiger partial charge in [-0.1, -0.05) is 0 Å². The van der Waals surface area contributed by atoms with Gasteiger partial charge in [-0.15, -0.1) is 0 Å². The number of benzene rings is 1. The molecule has 2 amide bonds. The predicted molar refractivity (Wildman–Crippen MR) is 78.6 cm³/mol. The summed E-state index contributed by atoms with van der Waals surface area (Å²) >= 11 is 0. The third-order valence-corrected chi connectivity index (χ3v) is 3.42. The minimum atomic E-state index is -0.530. The number of carbonyl (C=O) groups is 2. The van der Waals surface area contributed by atoms with Crippen molar-refractivity contribution in [3.8, 4) is 11.5 Å². The van der Waals surface area contributed by atoms with E-state index in [1.165, 1.54) is 4.90 Å². The average molecular weight is 292 g/mol. The van der Waals surface area contributed by atoms with E-state index in [-0.39, 0.29) is 24.3 Å². The van der Waals surface area contributed by atoms with Gasteiger partial charge < -0.3 is 14.8 Å². The summed E-state index contributed by atoms with van der Waals surface area (Å²) in [6.45, 7) is 3.66. The van der Waals surface area contributed by atoms with E-state index in [1.54, 1.807) is 32.4 Å². The molecular formula is C15H20N2O4. The van der Waals surface area contributed by atoms with Crippen molar-refractivity contribution in [2.45, 2.75) is 32.4 Å². The van der Waals surface area contributed by atoms with Crippen LogP contribution in [0.1, 0.15) is 20.3 Å². The molecule has 0 aliphatic carbocycles. The highest BCUT2D eigenvalue weighted by molar-refractivity contribution is 6.07. The molecule has 6 heteroatoms. The predicted octanol–water partition coefficient (Wildman–Crippen LogP) is 1.65. The molecule has 21 heavy (non-hydrogen) atoms. The lowest BCUT2D eigenvalue weighted by Gasteiger charge is -2.19. The van der Waals surface area contributed by atoms with Crippen LogP contribution in [0.2, 0.25) is 0 Å². The number of methoxy groups -OCH3 is 2. The van der Waals surface area contributed by atoms with Crippen molar-refractivity contribution in [3.05, 3.63) is 18.2 Å². The Balaban J connectivity index is 2.16. The van der Waals surface area contributed by atoms with Gasteiger partial charge in [0.25, 0.3) is 5.91 Å². The SMILES string of the molecule is COc1ccc(NC2CC(=O)N(C(C)C)C2=O)cc1OC. The highest BCUT2D eigenvalue weighted by Gasteiger charge is 2.39. The monoisotopic (exact) mass is 292 g/mol. The largest absolute Gasteiger partial charge is 0.493 e. The number of carbonyl (C=O) groups excluding carboxylic acids is 2. The van der Waals surface area contributed by atoms with Gasteiger partial charge in [-0.25, -0.2) is 0 Å². The van der Waals surface area contributed by atoms with Crippen LogP contribution >= 0.6 is 0 Å². The number of hydrogen-bond acceptors (Lipinski definition) is 5. The zero-order chi connectivity index (χ0) is 15.6. The van der Waals surface area contributed by atoms with Gasteiger partial charge in [-0.2, -0.15) is 0 Å². The minimum absolute atomic E-state index is 0.123. The second-order valence-electron chi connectivity index (χ2n) is 5.17. The molecule has 0 aromatic heterocycles. The smallest absolute Gasteiger partial charge is 0.252 e. The van der Waals surface area contributed by atoms with Crippen molar-refractivity contribution >= 4 is 17.5 Å². The summed E-state index contributed by atoms with van der Waals surface area (Å²) in [5, 5.41) is 3.08. The summed E-state index contributed by atoms with van der Waals surface area (Å²) in [7, 11) is 3.11. The first-order chi connectivity index (χ1) is 9.97. The molecule has 1 aliphatic heterocycles. The Morgan fingerprint density at radius 3 is 2.38 bits per heavy atom. The molecule has 1 unspecified atom stereocenters. The van der Waals surface area contributed by atoms with Crippen molar-refractivity contribution < 1.29 is 19.1 Å². The number of nitrogens with zero attached hydrogens (tertiary/aromatic N) is 1. The highest BCUT2D eigenvalue weighted by atomic mass is 16.5. The van der Waals surface area contributed by atoms with Crippen molar-refractivity contribution in [3.63, 3.8) is 0 Å². The molecule has 1 aromatic rings. The van der Waals surface area contributed by atoms with Crippen LogP contribution in [0, 0.1) is 0 Å². The number of ether oxygens (including phenoxy) is 2. The summed E-state index contributed by atoms with van der Waals surface area (Å²) in [6.07, 6.45) is 0.172. The Labute approximate surface area is 124 Å². The molecule has 0 radical (unpaired) electrons. The molecular weight excluding hydrogens is 272 g/mol. The summed E-state index contributed by atoms with van der Waals surface area (Å²) in [6, 6.07) is 4.63. The van der Waals surface area contributed by atoms with Gasteiger partial charge >= 0.3 is 0 Å².